The van der Waals surface area contributed by atoms with Gasteiger partial charge >= 0.3 is 0 Å². The van der Waals surface area contributed by atoms with E-state index in [1.54, 1.807) is 25.5 Å². The molecule has 0 fully saturated rings. The number of nitrogens with one attached hydrogen (secondary N) is 2. The van der Waals surface area contributed by atoms with Crippen molar-refractivity contribution in [3.63, 3.8) is 0 Å². The van der Waals surface area contributed by atoms with E-state index in [9.17, 15) is 0 Å². The zero-order chi connectivity index (χ0) is 18.8. The van der Waals surface area contributed by atoms with Crippen molar-refractivity contribution >= 4 is 41.3 Å². The minimum absolute atomic E-state index is 0. The fourth-order valence-electron chi connectivity index (χ4n) is 2.32. The molecule has 0 amide bonds. The number of aromatic nitrogens is 1. The zero-order valence-electron chi connectivity index (χ0n) is 16.3. The molecular formula is C19H29IN4O2S. The van der Waals surface area contributed by atoms with Crippen LogP contribution in [0.2, 0.25) is 0 Å². The molecule has 6 nitrogen and oxygen atoms in total. The lowest BCUT2D eigenvalue weighted by Gasteiger charge is -2.18. The lowest BCUT2D eigenvalue weighted by Crippen LogP contribution is -2.42. The molecule has 0 bridgehead atoms. The Bertz CT molecular complexity index is 709. The highest BCUT2D eigenvalue weighted by Gasteiger charge is 2.07. The maximum absolute atomic E-state index is 5.91. The Hall–Kier alpha value is -1.55. The van der Waals surface area contributed by atoms with Crippen molar-refractivity contribution in [2.45, 2.75) is 32.8 Å². The van der Waals surface area contributed by atoms with E-state index in [0.29, 0.717) is 6.54 Å². The van der Waals surface area contributed by atoms with E-state index in [-0.39, 0.29) is 30.1 Å². The summed E-state index contributed by atoms with van der Waals surface area (Å²) in [5, 5.41) is 7.75. The van der Waals surface area contributed by atoms with E-state index in [2.05, 4.69) is 27.5 Å². The standard InChI is InChI=1S/C19H28N4O2S.HI/c1-5-17-13-22-18(26-17)9-10-21-19(20-3)23-12-14(2)25-16-8-6-7-15(11-16)24-4;/h6-8,11,13-14H,5,9-10,12H2,1-4H3,(H2,20,21,23);1H. The molecule has 0 spiro atoms. The first-order chi connectivity index (χ1) is 12.6. The van der Waals surface area contributed by atoms with Crippen LogP contribution in [0.25, 0.3) is 0 Å². The van der Waals surface area contributed by atoms with Gasteiger partial charge in [0.05, 0.1) is 18.7 Å². The Morgan fingerprint density at radius 2 is 2.07 bits per heavy atom. The molecule has 27 heavy (non-hydrogen) atoms. The van der Waals surface area contributed by atoms with Crippen LogP contribution in [-0.4, -0.2) is 44.3 Å². The number of rotatable bonds is 9. The normalized spacial score (nSPS) is 12.1. The molecular weight excluding hydrogens is 475 g/mol. The smallest absolute Gasteiger partial charge is 0.191 e. The van der Waals surface area contributed by atoms with Crippen molar-refractivity contribution in [3.05, 3.63) is 40.3 Å². The molecule has 0 radical (unpaired) electrons. The highest BCUT2D eigenvalue weighted by Crippen LogP contribution is 2.19. The maximum Gasteiger partial charge on any atom is 0.191 e. The molecule has 150 valence electrons. The molecule has 1 atom stereocenters. The predicted octanol–water partition coefficient (Wildman–Crippen LogP) is 3.51. The van der Waals surface area contributed by atoms with Crippen molar-refractivity contribution in [2.24, 2.45) is 4.99 Å². The topological polar surface area (TPSA) is 67.8 Å². The van der Waals surface area contributed by atoms with E-state index in [1.165, 1.54) is 4.88 Å². The Kier molecular flexibility index (Phi) is 11.1. The van der Waals surface area contributed by atoms with Gasteiger partial charge in [0.1, 0.15) is 17.6 Å². The number of ether oxygens (including phenoxy) is 2. The molecule has 0 aliphatic rings. The molecule has 1 aromatic heterocycles. The number of halogens is 1. The van der Waals surface area contributed by atoms with E-state index in [4.69, 9.17) is 9.47 Å². The van der Waals surface area contributed by atoms with Crippen LogP contribution in [-0.2, 0) is 12.8 Å². The van der Waals surface area contributed by atoms with Crippen LogP contribution >= 0.6 is 35.3 Å². The second-order valence-electron chi connectivity index (χ2n) is 5.81. The van der Waals surface area contributed by atoms with Crippen LogP contribution in [0, 0.1) is 0 Å². The van der Waals surface area contributed by atoms with Crippen molar-refractivity contribution in [2.75, 3.05) is 27.2 Å². The Morgan fingerprint density at radius 1 is 1.30 bits per heavy atom. The zero-order valence-corrected chi connectivity index (χ0v) is 19.5. The van der Waals surface area contributed by atoms with E-state index in [1.807, 2.05) is 37.4 Å². The van der Waals surface area contributed by atoms with Gasteiger partial charge in [-0.05, 0) is 25.5 Å². The van der Waals surface area contributed by atoms with Gasteiger partial charge < -0.3 is 20.1 Å². The van der Waals surface area contributed by atoms with E-state index >= 15 is 0 Å². The third-order valence-corrected chi connectivity index (χ3v) is 4.94. The van der Waals surface area contributed by atoms with Crippen LogP contribution < -0.4 is 20.1 Å². The lowest BCUT2D eigenvalue weighted by atomic mass is 10.3. The highest BCUT2D eigenvalue weighted by molar-refractivity contribution is 14.0. The van der Waals surface area contributed by atoms with Crippen molar-refractivity contribution in [1.82, 2.24) is 15.6 Å². The second-order valence-corrected chi connectivity index (χ2v) is 7.01. The quantitative estimate of drug-likeness (QED) is 0.311. The third kappa shape index (κ3) is 8.34. The summed E-state index contributed by atoms with van der Waals surface area (Å²) in [5.41, 5.74) is 0. The number of thiazole rings is 1. The Labute approximate surface area is 182 Å². The fraction of sp³-hybridized carbons (Fsp3) is 0.474. The summed E-state index contributed by atoms with van der Waals surface area (Å²) in [6.07, 6.45) is 3.89. The first kappa shape index (κ1) is 23.5. The molecule has 1 unspecified atom stereocenters. The molecule has 0 saturated heterocycles. The van der Waals surface area contributed by atoms with Crippen LogP contribution in [0.5, 0.6) is 11.5 Å². The van der Waals surface area contributed by atoms with Crippen molar-refractivity contribution < 1.29 is 9.47 Å². The number of aryl methyl sites for hydroxylation is 1. The third-order valence-electron chi connectivity index (χ3n) is 3.74. The predicted molar refractivity (Wildman–Crippen MR) is 123 cm³/mol. The van der Waals surface area contributed by atoms with E-state index < -0.39 is 0 Å². The number of benzene rings is 1. The van der Waals surface area contributed by atoms with Crippen molar-refractivity contribution in [3.8, 4) is 11.5 Å². The first-order valence-corrected chi connectivity index (χ1v) is 9.65. The Balaban J connectivity index is 0.00000364. The molecule has 2 aromatic rings. The largest absolute Gasteiger partial charge is 0.497 e. The van der Waals surface area contributed by atoms with E-state index in [0.717, 1.165) is 41.9 Å². The molecule has 8 heteroatoms. The fourth-order valence-corrected chi connectivity index (χ4v) is 3.19. The van der Waals surface area contributed by atoms with Crippen LogP contribution in [0.15, 0.2) is 35.5 Å². The monoisotopic (exact) mass is 504 g/mol. The minimum atomic E-state index is -0.00766. The molecule has 2 rings (SSSR count). The number of nitrogens with zero attached hydrogens (tertiary/aromatic N) is 2. The first-order valence-electron chi connectivity index (χ1n) is 8.83. The minimum Gasteiger partial charge on any atom is -0.497 e. The maximum atomic E-state index is 5.91. The van der Waals surface area contributed by atoms with Crippen molar-refractivity contribution in [1.29, 1.82) is 0 Å². The SMILES string of the molecule is CCc1cnc(CCNC(=NC)NCC(C)Oc2cccc(OC)c2)s1.I. The number of aliphatic imine (C=N–C) groups is 1. The summed E-state index contributed by atoms with van der Waals surface area (Å²) in [4.78, 5) is 10.0. The summed E-state index contributed by atoms with van der Waals surface area (Å²) in [7, 11) is 3.41. The summed E-state index contributed by atoms with van der Waals surface area (Å²) >= 11 is 1.77. The number of hydrogen-bond donors (Lipinski definition) is 2. The summed E-state index contributed by atoms with van der Waals surface area (Å²) in [6.45, 7) is 5.60. The van der Waals surface area contributed by atoms with Crippen LogP contribution in [0.3, 0.4) is 0 Å². The van der Waals surface area contributed by atoms with Gasteiger partial charge in [-0.2, -0.15) is 0 Å². The van der Waals surface area contributed by atoms with Gasteiger partial charge in [-0.25, -0.2) is 4.98 Å². The van der Waals surface area contributed by atoms with Gasteiger partial charge in [-0.3, -0.25) is 4.99 Å². The van der Waals surface area contributed by atoms with Gasteiger partial charge in [-0.15, -0.1) is 35.3 Å². The molecule has 1 aromatic carbocycles. The number of hydrogen-bond acceptors (Lipinski definition) is 5. The van der Waals surface area contributed by atoms with Gasteiger partial charge in [-0.1, -0.05) is 13.0 Å². The van der Waals surface area contributed by atoms with Gasteiger partial charge in [0.15, 0.2) is 5.96 Å². The number of guanidine groups is 1. The number of methoxy groups -OCH3 is 1. The van der Waals surface area contributed by atoms with Gasteiger partial charge in [0.2, 0.25) is 0 Å². The molecule has 2 N–H and O–H groups in total. The highest BCUT2D eigenvalue weighted by atomic mass is 127. The molecule has 0 aliphatic carbocycles. The lowest BCUT2D eigenvalue weighted by molar-refractivity contribution is 0.223. The second kappa shape index (κ2) is 12.8. The average Bonchev–Trinajstić information content (AvgIpc) is 3.12. The van der Waals surface area contributed by atoms with Gasteiger partial charge in [0.25, 0.3) is 0 Å². The molecule has 0 aliphatic heterocycles. The average molecular weight is 504 g/mol. The molecule has 0 saturated carbocycles. The Morgan fingerprint density at radius 3 is 2.74 bits per heavy atom. The summed E-state index contributed by atoms with van der Waals surface area (Å²) < 4.78 is 11.1. The van der Waals surface area contributed by atoms with Gasteiger partial charge in [0, 0.05) is 37.2 Å². The van der Waals surface area contributed by atoms with Crippen LogP contribution in [0.4, 0.5) is 0 Å². The van der Waals surface area contributed by atoms with Crippen LogP contribution in [0.1, 0.15) is 23.7 Å². The summed E-state index contributed by atoms with van der Waals surface area (Å²) in [5.74, 6) is 2.34. The molecule has 1 heterocycles. The summed E-state index contributed by atoms with van der Waals surface area (Å²) in [6, 6.07) is 7.61.